The molecule has 0 fully saturated rings. The molecule has 0 spiro atoms. The molecule has 1 aromatic rings. The molecule has 66 valence electrons. The third kappa shape index (κ3) is 3.28. The summed E-state index contributed by atoms with van der Waals surface area (Å²) in [6.45, 7) is 4.46. The van der Waals surface area contributed by atoms with Gasteiger partial charge in [0.2, 0.25) is 0 Å². The Morgan fingerprint density at radius 2 is 1.58 bits per heavy atom. The zero-order chi connectivity index (χ0) is 9.14. The van der Waals surface area contributed by atoms with Gasteiger partial charge in [0.15, 0.2) is 0 Å². The van der Waals surface area contributed by atoms with Gasteiger partial charge >= 0.3 is 0 Å². The molecule has 0 atom stereocenters. The summed E-state index contributed by atoms with van der Waals surface area (Å²) >= 11 is 6.95. The molecule has 0 aliphatic carbocycles. The van der Waals surface area contributed by atoms with Gasteiger partial charge in [0, 0.05) is 8.95 Å². The van der Waals surface area contributed by atoms with E-state index in [0.29, 0.717) is 5.92 Å². The molecule has 1 rings (SSSR count). The van der Waals surface area contributed by atoms with Crippen LogP contribution in [0.3, 0.4) is 0 Å². The molecule has 0 aromatic heterocycles. The Morgan fingerprint density at radius 3 is 2.00 bits per heavy atom. The Morgan fingerprint density at radius 1 is 1.08 bits per heavy atom. The number of hydrogen-bond donors (Lipinski definition) is 0. The van der Waals surface area contributed by atoms with Gasteiger partial charge in [0.1, 0.15) is 0 Å². The van der Waals surface area contributed by atoms with Crippen molar-refractivity contribution in [2.24, 2.45) is 5.92 Å². The SMILES string of the molecule is CC(C)Cc1cc(Br)cc(Br)c1. The lowest BCUT2D eigenvalue weighted by Crippen LogP contribution is -1.93. The van der Waals surface area contributed by atoms with Crippen LogP contribution in [0.15, 0.2) is 27.1 Å². The summed E-state index contributed by atoms with van der Waals surface area (Å²) in [4.78, 5) is 0. The molecule has 0 radical (unpaired) electrons. The summed E-state index contributed by atoms with van der Waals surface area (Å²) in [5, 5.41) is 0. The molecule has 2 heteroatoms. The second-order valence-corrected chi connectivity index (χ2v) is 5.21. The van der Waals surface area contributed by atoms with Crippen molar-refractivity contribution < 1.29 is 0 Å². The minimum Gasteiger partial charge on any atom is -0.0625 e. The van der Waals surface area contributed by atoms with Crippen molar-refractivity contribution in [1.82, 2.24) is 0 Å². The Balaban J connectivity index is 2.85. The zero-order valence-electron chi connectivity index (χ0n) is 7.27. The van der Waals surface area contributed by atoms with Crippen LogP contribution in [0.1, 0.15) is 19.4 Å². The van der Waals surface area contributed by atoms with Crippen LogP contribution < -0.4 is 0 Å². The smallest absolute Gasteiger partial charge is 0.0189 e. The zero-order valence-corrected chi connectivity index (χ0v) is 10.4. The summed E-state index contributed by atoms with van der Waals surface area (Å²) in [5.74, 6) is 0.714. The van der Waals surface area contributed by atoms with Crippen LogP contribution in [-0.4, -0.2) is 0 Å². The number of benzene rings is 1. The van der Waals surface area contributed by atoms with E-state index in [1.807, 2.05) is 0 Å². The highest BCUT2D eigenvalue weighted by atomic mass is 79.9. The van der Waals surface area contributed by atoms with Gasteiger partial charge in [-0.25, -0.2) is 0 Å². The maximum Gasteiger partial charge on any atom is 0.0189 e. The molecule has 12 heavy (non-hydrogen) atoms. The third-order valence-electron chi connectivity index (χ3n) is 1.57. The fourth-order valence-electron chi connectivity index (χ4n) is 1.20. The van der Waals surface area contributed by atoms with E-state index in [1.165, 1.54) is 5.56 Å². The van der Waals surface area contributed by atoms with Crippen molar-refractivity contribution in [3.8, 4) is 0 Å². The Bertz CT molecular complexity index is 246. The van der Waals surface area contributed by atoms with Crippen molar-refractivity contribution in [3.05, 3.63) is 32.7 Å². The molecule has 0 aliphatic heterocycles. The van der Waals surface area contributed by atoms with Crippen molar-refractivity contribution in [2.75, 3.05) is 0 Å². The Hall–Kier alpha value is 0.180. The van der Waals surface area contributed by atoms with Crippen molar-refractivity contribution in [3.63, 3.8) is 0 Å². The average molecular weight is 292 g/mol. The van der Waals surface area contributed by atoms with E-state index in [4.69, 9.17) is 0 Å². The van der Waals surface area contributed by atoms with Gasteiger partial charge in [-0.1, -0.05) is 45.7 Å². The van der Waals surface area contributed by atoms with Crippen LogP contribution in [0, 0.1) is 5.92 Å². The van der Waals surface area contributed by atoms with E-state index in [-0.39, 0.29) is 0 Å². The maximum absolute atomic E-state index is 3.47. The average Bonchev–Trinajstić information content (AvgIpc) is 1.81. The molecule has 0 bridgehead atoms. The molecule has 0 heterocycles. The molecule has 0 saturated heterocycles. The van der Waals surface area contributed by atoms with E-state index in [2.05, 4.69) is 63.9 Å². The van der Waals surface area contributed by atoms with Gasteiger partial charge in [0.25, 0.3) is 0 Å². The van der Waals surface area contributed by atoms with Crippen LogP contribution in [0.25, 0.3) is 0 Å². The fourth-order valence-corrected chi connectivity index (χ4v) is 2.59. The van der Waals surface area contributed by atoms with Crippen LogP contribution in [0.4, 0.5) is 0 Å². The van der Waals surface area contributed by atoms with E-state index in [9.17, 15) is 0 Å². The molecular weight excluding hydrogens is 280 g/mol. The predicted octanol–water partition coefficient (Wildman–Crippen LogP) is 4.41. The molecule has 0 amide bonds. The molecule has 0 unspecified atom stereocenters. The normalized spacial score (nSPS) is 10.8. The lowest BCUT2D eigenvalue weighted by atomic mass is 10.0. The first kappa shape index (κ1) is 10.3. The van der Waals surface area contributed by atoms with Gasteiger partial charge < -0.3 is 0 Å². The number of hydrogen-bond acceptors (Lipinski definition) is 0. The Labute approximate surface area is 90.6 Å². The summed E-state index contributed by atoms with van der Waals surface area (Å²) in [6, 6.07) is 6.40. The summed E-state index contributed by atoms with van der Waals surface area (Å²) in [7, 11) is 0. The highest BCUT2D eigenvalue weighted by Crippen LogP contribution is 2.21. The molecule has 0 saturated carbocycles. The topological polar surface area (TPSA) is 0 Å². The van der Waals surface area contributed by atoms with Gasteiger partial charge in [-0.15, -0.1) is 0 Å². The quantitative estimate of drug-likeness (QED) is 0.757. The Kier molecular flexibility index (Phi) is 3.78. The largest absolute Gasteiger partial charge is 0.0625 e. The van der Waals surface area contributed by atoms with Gasteiger partial charge in [-0.3, -0.25) is 0 Å². The van der Waals surface area contributed by atoms with Crippen molar-refractivity contribution in [1.29, 1.82) is 0 Å². The lowest BCUT2D eigenvalue weighted by molar-refractivity contribution is 0.647. The second kappa shape index (κ2) is 4.43. The monoisotopic (exact) mass is 290 g/mol. The lowest BCUT2D eigenvalue weighted by Gasteiger charge is -2.05. The first-order chi connectivity index (χ1) is 5.58. The highest BCUT2D eigenvalue weighted by Gasteiger charge is 2.00. The highest BCUT2D eigenvalue weighted by molar-refractivity contribution is 9.11. The van der Waals surface area contributed by atoms with Gasteiger partial charge in [-0.2, -0.15) is 0 Å². The van der Waals surface area contributed by atoms with Crippen LogP contribution in [-0.2, 0) is 6.42 Å². The molecule has 0 N–H and O–H groups in total. The third-order valence-corrected chi connectivity index (χ3v) is 2.48. The van der Waals surface area contributed by atoms with Crippen molar-refractivity contribution in [2.45, 2.75) is 20.3 Å². The predicted molar refractivity (Wildman–Crippen MR) is 60.4 cm³/mol. The second-order valence-electron chi connectivity index (χ2n) is 3.38. The number of rotatable bonds is 2. The minimum absolute atomic E-state index is 0.714. The first-order valence-electron chi connectivity index (χ1n) is 4.03. The summed E-state index contributed by atoms with van der Waals surface area (Å²) in [6.07, 6.45) is 1.14. The summed E-state index contributed by atoms with van der Waals surface area (Å²) < 4.78 is 2.29. The maximum atomic E-state index is 3.47. The van der Waals surface area contributed by atoms with E-state index < -0.39 is 0 Å². The van der Waals surface area contributed by atoms with Crippen LogP contribution >= 0.6 is 31.9 Å². The van der Waals surface area contributed by atoms with Gasteiger partial charge in [0.05, 0.1) is 0 Å². The standard InChI is InChI=1S/C10H12Br2/c1-7(2)3-8-4-9(11)6-10(12)5-8/h4-7H,3H2,1-2H3. The molecule has 1 aromatic carbocycles. The van der Waals surface area contributed by atoms with Crippen LogP contribution in [0.5, 0.6) is 0 Å². The van der Waals surface area contributed by atoms with E-state index in [1.54, 1.807) is 0 Å². The molecule has 0 nitrogen and oxygen atoms in total. The minimum atomic E-state index is 0.714. The van der Waals surface area contributed by atoms with Crippen molar-refractivity contribution >= 4 is 31.9 Å². The van der Waals surface area contributed by atoms with E-state index >= 15 is 0 Å². The molecule has 0 aliphatic rings. The fraction of sp³-hybridized carbons (Fsp3) is 0.400. The summed E-state index contributed by atoms with van der Waals surface area (Å²) in [5.41, 5.74) is 1.38. The number of halogens is 2. The van der Waals surface area contributed by atoms with Gasteiger partial charge in [-0.05, 0) is 36.1 Å². The van der Waals surface area contributed by atoms with E-state index in [0.717, 1.165) is 15.4 Å². The first-order valence-corrected chi connectivity index (χ1v) is 5.61. The van der Waals surface area contributed by atoms with Crippen LogP contribution in [0.2, 0.25) is 0 Å². The molecular formula is C10H12Br2.